The predicted molar refractivity (Wildman–Crippen MR) is 51.5 cm³/mol. The van der Waals surface area contributed by atoms with E-state index in [2.05, 4.69) is 25.6 Å². The fourth-order valence-corrected chi connectivity index (χ4v) is 0.718. The first kappa shape index (κ1) is 15.7. The molecule has 0 aromatic heterocycles. The Labute approximate surface area is 85.8 Å². The third kappa shape index (κ3) is 9.28. The molecular formula is C9H21NO4. The standard InChI is InChI=1S/C7H18NO.C2H4O3/c1-5-8(3,6-2)7-9-4;1-5-2(3)4/h5-7H2,1-4H3;1H3,(H,3,4)/q+1;/p-1. The molecule has 0 saturated heterocycles. The van der Waals surface area contributed by atoms with E-state index in [0.717, 1.165) is 31.4 Å². The maximum atomic E-state index is 9.03. The number of ether oxygens (including phenoxy) is 2. The van der Waals surface area contributed by atoms with Crippen LogP contribution in [0.3, 0.4) is 0 Å². The van der Waals surface area contributed by atoms with Crippen molar-refractivity contribution >= 4 is 6.16 Å². The fraction of sp³-hybridized carbons (Fsp3) is 0.889. The number of methoxy groups -OCH3 is 2. The number of carbonyl (C=O) groups is 1. The summed E-state index contributed by atoms with van der Waals surface area (Å²) in [4.78, 5) is 9.03. The zero-order valence-electron chi connectivity index (χ0n) is 9.70. The summed E-state index contributed by atoms with van der Waals surface area (Å²) in [6.07, 6.45) is -1.50. The highest BCUT2D eigenvalue weighted by Crippen LogP contribution is 1.99. The van der Waals surface area contributed by atoms with Crippen LogP contribution in [0.25, 0.3) is 0 Å². The van der Waals surface area contributed by atoms with Crippen LogP contribution in [0.5, 0.6) is 0 Å². The first-order valence-electron chi connectivity index (χ1n) is 4.53. The average Bonchev–Trinajstić information content (AvgIpc) is 2.19. The molecule has 5 nitrogen and oxygen atoms in total. The van der Waals surface area contributed by atoms with E-state index in [0.29, 0.717) is 0 Å². The van der Waals surface area contributed by atoms with Gasteiger partial charge in [0.1, 0.15) is 0 Å². The van der Waals surface area contributed by atoms with Crippen molar-refractivity contribution in [2.24, 2.45) is 0 Å². The van der Waals surface area contributed by atoms with E-state index in [1.54, 1.807) is 7.11 Å². The molecule has 5 heteroatoms. The number of carbonyl (C=O) groups excluding carboxylic acids is 1. The van der Waals surface area contributed by atoms with Gasteiger partial charge in [-0.3, -0.25) is 0 Å². The minimum absolute atomic E-state index is 0.826. The van der Waals surface area contributed by atoms with Gasteiger partial charge in [-0.25, -0.2) is 0 Å². The average molecular weight is 207 g/mol. The van der Waals surface area contributed by atoms with Gasteiger partial charge in [-0.15, -0.1) is 0 Å². The van der Waals surface area contributed by atoms with E-state index in [1.165, 1.54) is 0 Å². The Balaban J connectivity index is 0. The summed E-state index contributed by atoms with van der Waals surface area (Å²) in [7, 11) is 4.99. The number of rotatable bonds is 4. The monoisotopic (exact) mass is 207 g/mol. The van der Waals surface area contributed by atoms with E-state index < -0.39 is 6.16 Å². The van der Waals surface area contributed by atoms with E-state index in [-0.39, 0.29) is 0 Å². The lowest BCUT2D eigenvalue weighted by Crippen LogP contribution is -2.44. The quantitative estimate of drug-likeness (QED) is 0.371. The summed E-state index contributed by atoms with van der Waals surface area (Å²) in [6.45, 7) is 7.48. The lowest BCUT2D eigenvalue weighted by molar-refractivity contribution is -0.924. The zero-order valence-corrected chi connectivity index (χ0v) is 9.70. The first-order chi connectivity index (χ1) is 6.45. The minimum atomic E-state index is -1.50. The van der Waals surface area contributed by atoms with Gasteiger partial charge in [-0.05, 0) is 13.8 Å². The number of carboxylic acid groups (broad SMARTS) is 1. The molecule has 0 amide bonds. The molecule has 0 aliphatic rings. The van der Waals surface area contributed by atoms with Gasteiger partial charge in [0.25, 0.3) is 6.16 Å². The maximum absolute atomic E-state index is 9.03. The Kier molecular flexibility index (Phi) is 9.81. The van der Waals surface area contributed by atoms with Crippen molar-refractivity contribution in [2.75, 3.05) is 41.1 Å². The van der Waals surface area contributed by atoms with Gasteiger partial charge in [0, 0.05) is 14.2 Å². The minimum Gasteiger partial charge on any atom is -0.553 e. The van der Waals surface area contributed by atoms with Gasteiger partial charge in [0.05, 0.1) is 20.1 Å². The van der Waals surface area contributed by atoms with Crippen molar-refractivity contribution < 1.29 is 23.9 Å². The highest BCUT2D eigenvalue weighted by molar-refractivity contribution is 5.53. The molecule has 0 N–H and O–H groups in total. The van der Waals surface area contributed by atoms with E-state index in [1.807, 2.05) is 0 Å². The predicted octanol–water partition coefficient (Wildman–Crippen LogP) is 0.0528. The molecule has 0 fully saturated rings. The van der Waals surface area contributed by atoms with Gasteiger partial charge >= 0.3 is 0 Å². The molecule has 0 rings (SSSR count). The van der Waals surface area contributed by atoms with Crippen molar-refractivity contribution in [1.82, 2.24) is 0 Å². The van der Waals surface area contributed by atoms with Crippen LogP contribution in [-0.4, -0.2) is 51.7 Å². The molecule has 0 aliphatic heterocycles. The third-order valence-corrected chi connectivity index (χ3v) is 2.13. The van der Waals surface area contributed by atoms with Crippen molar-refractivity contribution in [3.05, 3.63) is 0 Å². The Hall–Kier alpha value is -0.810. The Morgan fingerprint density at radius 3 is 1.71 bits per heavy atom. The largest absolute Gasteiger partial charge is 0.553 e. The van der Waals surface area contributed by atoms with E-state index in [9.17, 15) is 0 Å². The molecule has 0 unspecified atom stereocenters. The van der Waals surface area contributed by atoms with E-state index >= 15 is 0 Å². The van der Waals surface area contributed by atoms with Gasteiger partial charge in [0.2, 0.25) is 0 Å². The summed E-state index contributed by atoms with van der Waals surface area (Å²) in [5, 5.41) is 9.03. The van der Waals surface area contributed by atoms with Gasteiger partial charge in [0.15, 0.2) is 6.73 Å². The molecule has 0 heterocycles. The lowest BCUT2D eigenvalue weighted by Gasteiger charge is -2.30. The van der Waals surface area contributed by atoms with Crippen LogP contribution in [0.15, 0.2) is 0 Å². The number of hydrogen-bond acceptors (Lipinski definition) is 4. The molecule has 0 aliphatic carbocycles. The number of nitrogens with zero attached hydrogens (tertiary/aromatic N) is 1. The summed E-state index contributed by atoms with van der Waals surface area (Å²) in [5.74, 6) is 0. The van der Waals surface area contributed by atoms with Crippen molar-refractivity contribution in [2.45, 2.75) is 13.8 Å². The summed E-state index contributed by atoms with van der Waals surface area (Å²) in [6, 6.07) is 0. The molecule has 86 valence electrons. The van der Waals surface area contributed by atoms with Crippen LogP contribution >= 0.6 is 0 Å². The molecule has 0 atom stereocenters. The van der Waals surface area contributed by atoms with Gasteiger partial charge in [-0.2, -0.15) is 0 Å². The molecule has 0 aromatic carbocycles. The molecule has 0 aromatic rings. The molecule has 14 heavy (non-hydrogen) atoms. The van der Waals surface area contributed by atoms with Crippen LogP contribution in [-0.2, 0) is 9.47 Å². The van der Waals surface area contributed by atoms with Crippen molar-refractivity contribution in [1.29, 1.82) is 0 Å². The highest BCUT2D eigenvalue weighted by Gasteiger charge is 2.14. The summed E-state index contributed by atoms with van der Waals surface area (Å²) in [5.41, 5.74) is 0. The molecular weight excluding hydrogens is 186 g/mol. The molecule has 0 spiro atoms. The van der Waals surface area contributed by atoms with Crippen LogP contribution < -0.4 is 5.11 Å². The van der Waals surface area contributed by atoms with Gasteiger partial charge < -0.3 is 23.9 Å². The van der Waals surface area contributed by atoms with Crippen LogP contribution in [0.4, 0.5) is 4.79 Å². The second kappa shape index (κ2) is 8.77. The molecule has 0 saturated carbocycles. The summed E-state index contributed by atoms with van der Waals surface area (Å²) >= 11 is 0. The Morgan fingerprint density at radius 1 is 1.29 bits per heavy atom. The first-order valence-corrected chi connectivity index (χ1v) is 4.53. The Bertz CT molecular complexity index is 146. The molecule has 0 radical (unpaired) electrons. The SMILES string of the molecule is CC[N+](C)(CC)COC.COC(=O)[O-]. The smallest absolute Gasteiger partial charge is 0.251 e. The third-order valence-electron chi connectivity index (χ3n) is 2.13. The maximum Gasteiger partial charge on any atom is 0.251 e. The van der Waals surface area contributed by atoms with Crippen LogP contribution in [0.1, 0.15) is 13.8 Å². The number of hydrogen-bond donors (Lipinski definition) is 0. The fourth-order valence-electron chi connectivity index (χ4n) is 0.718. The highest BCUT2D eigenvalue weighted by atomic mass is 16.6. The number of quaternary nitrogens is 1. The topological polar surface area (TPSA) is 58.6 Å². The molecule has 0 bridgehead atoms. The van der Waals surface area contributed by atoms with E-state index in [4.69, 9.17) is 14.6 Å². The summed E-state index contributed by atoms with van der Waals surface area (Å²) < 4.78 is 9.63. The van der Waals surface area contributed by atoms with Gasteiger partial charge in [-0.1, -0.05) is 0 Å². The van der Waals surface area contributed by atoms with Crippen LogP contribution in [0.2, 0.25) is 0 Å². The zero-order chi connectivity index (χ0) is 11.6. The van der Waals surface area contributed by atoms with Crippen molar-refractivity contribution in [3.8, 4) is 0 Å². The normalized spacial score (nSPS) is 10.1. The second-order valence-corrected chi connectivity index (χ2v) is 3.12. The lowest BCUT2D eigenvalue weighted by atomic mass is 10.5. The van der Waals surface area contributed by atoms with Crippen LogP contribution in [0, 0.1) is 0 Å². The second-order valence-electron chi connectivity index (χ2n) is 3.12. The Morgan fingerprint density at radius 2 is 1.64 bits per heavy atom. The van der Waals surface area contributed by atoms with Crippen molar-refractivity contribution in [3.63, 3.8) is 0 Å².